The van der Waals surface area contributed by atoms with E-state index in [1.54, 1.807) is 22.3 Å². The SMILES string of the molecule is CC.CC.CC.CC1=C(C2=CCC(C3=CC(N(C)c4cccc(C(C)(C)C)c4-c4ccccc4)=CC3C)C2C)CC2=C1c1ccccc1C2(C)C. The minimum Gasteiger partial charge on any atom is -0.344 e. The first kappa shape index (κ1) is 39.9. The molecule has 1 nitrogen and oxygen atoms in total. The van der Waals surface area contributed by atoms with E-state index in [-0.39, 0.29) is 10.8 Å². The summed E-state index contributed by atoms with van der Waals surface area (Å²) in [4.78, 5) is 2.44. The molecule has 3 aromatic carbocycles. The first-order valence-electron chi connectivity index (χ1n) is 20.0. The predicted octanol–water partition coefficient (Wildman–Crippen LogP) is 14.7. The number of likely N-dealkylation sites (N-methyl/N-ethyl adjacent to an activating group) is 1. The van der Waals surface area contributed by atoms with Crippen LogP contribution in [0, 0.1) is 17.8 Å². The molecule has 0 saturated heterocycles. The van der Waals surface area contributed by atoms with E-state index in [0.29, 0.717) is 17.8 Å². The van der Waals surface area contributed by atoms with Crippen molar-refractivity contribution in [3.63, 3.8) is 0 Å². The summed E-state index contributed by atoms with van der Waals surface area (Å²) >= 11 is 0. The molecule has 0 saturated carbocycles. The highest BCUT2D eigenvalue weighted by Crippen LogP contribution is 2.58. The standard InChI is InChI=1S/C44H49N.3C2H6/c1-27-24-31(45(9)40-21-15-20-38(43(4,5)6)42(40)30-16-11-10-12-17-30)25-35(27)32-22-23-33(28(32)2)36-26-39-41(29(36)3)34-18-13-14-19-37(34)44(39,7)8;3*1-2/h10-21,23-25,27-28,32H,22,26H2,1-9H3;3*1-2H3. The van der Waals surface area contributed by atoms with Gasteiger partial charge in [-0.15, -0.1) is 0 Å². The number of rotatable bonds is 5. The smallest absolute Gasteiger partial charge is 0.0490 e. The first-order chi connectivity index (χ1) is 24.4. The van der Waals surface area contributed by atoms with E-state index in [1.165, 1.54) is 50.3 Å². The maximum Gasteiger partial charge on any atom is 0.0490 e. The van der Waals surface area contributed by atoms with E-state index in [1.807, 2.05) is 41.5 Å². The summed E-state index contributed by atoms with van der Waals surface area (Å²) in [5.41, 5.74) is 19.2. The van der Waals surface area contributed by atoms with E-state index in [9.17, 15) is 0 Å². The third-order valence-corrected chi connectivity index (χ3v) is 11.5. The van der Waals surface area contributed by atoms with Crippen molar-refractivity contribution in [1.29, 1.82) is 0 Å². The van der Waals surface area contributed by atoms with Gasteiger partial charge in [-0.25, -0.2) is 0 Å². The molecule has 3 atom stereocenters. The van der Waals surface area contributed by atoms with Crippen LogP contribution in [0.2, 0.25) is 0 Å². The van der Waals surface area contributed by atoms with Gasteiger partial charge >= 0.3 is 0 Å². The molecule has 1 heteroatoms. The summed E-state index contributed by atoms with van der Waals surface area (Å²) in [7, 11) is 2.26. The quantitative estimate of drug-likeness (QED) is 0.259. The van der Waals surface area contributed by atoms with Gasteiger partial charge in [-0.1, -0.05) is 174 Å². The van der Waals surface area contributed by atoms with Crippen LogP contribution in [-0.4, -0.2) is 7.05 Å². The molecule has 272 valence electrons. The van der Waals surface area contributed by atoms with Crippen molar-refractivity contribution in [2.75, 3.05) is 11.9 Å². The van der Waals surface area contributed by atoms with Crippen LogP contribution >= 0.6 is 0 Å². The Balaban J connectivity index is 0.000000925. The second-order valence-corrected chi connectivity index (χ2v) is 15.5. The van der Waals surface area contributed by atoms with E-state index >= 15 is 0 Å². The fraction of sp³-hybridized carbons (Fsp3) is 0.440. The highest BCUT2D eigenvalue weighted by atomic mass is 15.1. The molecular formula is C50H67N. The van der Waals surface area contributed by atoms with Crippen LogP contribution in [0.1, 0.15) is 126 Å². The van der Waals surface area contributed by atoms with Gasteiger partial charge in [0, 0.05) is 29.4 Å². The minimum absolute atomic E-state index is 0.0428. The fourth-order valence-corrected chi connectivity index (χ4v) is 8.93. The summed E-state index contributed by atoms with van der Waals surface area (Å²) in [5.74, 6) is 1.49. The average molecular weight is 682 g/mol. The number of allylic oxidation sites excluding steroid dienone is 9. The number of nitrogens with zero attached hydrogens (tertiary/aromatic N) is 1. The largest absolute Gasteiger partial charge is 0.344 e. The highest BCUT2D eigenvalue weighted by molar-refractivity contribution is 5.93. The summed E-state index contributed by atoms with van der Waals surface area (Å²) in [6, 6.07) is 26.9. The van der Waals surface area contributed by atoms with Crippen LogP contribution in [0.5, 0.6) is 0 Å². The maximum absolute atomic E-state index is 2.59. The van der Waals surface area contributed by atoms with Crippen LogP contribution < -0.4 is 4.90 Å². The Morgan fingerprint density at radius 1 is 0.784 bits per heavy atom. The fourth-order valence-electron chi connectivity index (χ4n) is 8.93. The van der Waals surface area contributed by atoms with Crippen LogP contribution in [0.3, 0.4) is 0 Å². The van der Waals surface area contributed by atoms with Gasteiger partial charge in [0.2, 0.25) is 0 Å². The van der Waals surface area contributed by atoms with Gasteiger partial charge < -0.3 is 4.90 Å². The van der Waals surface area contributed by atoms with Gasteiger partial charge in [-0.2, -0.15) is 0 Å². The van der Waals surface area contributed by atoms with Crippen molar-refractivity contribution < 1.29 is 0 Å². The number of hydrogen-bond acceptors (Lipinski definition) is 1. The molecule has 0 aliphatic heterocycles. The Morgan fingerprint density at radius 2 is 1.41 bits per heavy atom. The molecule has 0 radical (unpaired) electrons. The molecule has 51 heavy (non-hydrogen) atoms. The Kier molecular flexibility index (Phi) is 12.7. The van der Waals surface area contributed by atoms with Gasteiger partial charge in [-0.3, -0.25) is 0 Å². The van der Waals surface area contributed by atoms with Crippen molar-refractivity contribution >= 4 is 11.3 Å². The zero-order valence-electron chi connectivity index (χ0n) is 34.8. The van der Waals surface area contributed by atoms with Crippen molar-refractivity contribution in [3.05, 3.63) is 141 Å². The van der Waals surface area contributed by atoms with E-state index < -0.39 is 0 Å². The van der Waals surface area contributed by atoms with Crippen molar-refractivity contribution in [2.24, 2.45) is 17.8 Å². The summed E-state index contributed by atoms with van der Waals surface area (Å²) in [6.45, 7) is 31.1. The molecule has 3 unspecified atom stereocenters. The molecule has 0 N–H and O–H groups in total. The maximum atomic E-state index is 2.59. The van der Waals surface area contributed by atoms with Crippen LogP contribution in [-0.2, 0) is 10.8 Å². The first-order valence-corrected chi connectivity index (χ1v) is 20.0. The van der Waals surface area contributed by atoms with E-state index in [0.717, 1.165) is 12.8 Å². The molecule has 0 amide bonds. The zero-order valence-corrected chi connectivity index (χ0v) is 34.8. The Labute approximate surface area is 313 Å². The second-order valence-electron chi connectivity index (χ2n) is 15.5. The number of fused-ring (bicyclic) bond motifs is 2. The molecule has 3 aromatic rings. The third kappa shape index (κ3) is 7.16. The van der Waals surface area contributed by atoms with Gasteiger partial charge in [0.1, 0.15) is 0 Å². The topological polar surface area (TPSA) is 3.24 Å². The third-order valence-electron chi connectivity index (χ3n) is 11.5. The molecule has 4 aliphatic carbocycles. The Morgan fingerprint density at radius 3 is 2.06 bits per heavy atom. The average Bonchev–Trinajstić information content (AvgIpc) is 3.88. The van der Waals surface area contributed by atoms with E-state index in [4.69, 9.17) is 0 Å². The van der Waals surface area contributed by atoms with Crippen LogP contribution in [0.25, 0.3) is 16.7 Å². The number of anilines is 1. The molecule has 7 rings (SSSR count). The second kappa shape index (κ2) is 16.2. The summed E-state index contributed by atoms with van der Waals surface area (Å²) in [5, 5.41) is 0. The Bertz CT molecular complexity index is 1850. The predicted molar refractivity (Wildman–Crippen MR) is 227 cm³/mol. The van der Waals surface area contributed by atoms with Gasteiger partial charge in [0.05, 0.1) is 0 Å². The van der Waals surface area contributed by atoms with Crippen molar-refractivity contribution in [1.82, 2.24) is 0 Å². The van der Waals surface area contributed by atoms with Gasteiger partial charge in [0.25, 0.3) is 0 Å². The van der Waals surface area contributed by atoms with Crippen LogP contribution in [0.4, 0.5) is 5.69 Å². The Hall–Kier alpha value is -3.84. The lowest BCUT2D eigenvalue weighted by atomic mass is 9.77. The van der Waals surface area contributed by atoms with Crippen molar-refractivity contribution in [2.45, 2.75) is 121 Å². The molecule has 0 spiro atoms. The van der Waals surface area contributed by atoms with Crippen LogP contribution in [0.15, 0.2) is 125 Å². The zero-order chi connectivity index (χ0) is 37.8. The normalized spacial score (nSPS) is 21.2. The summed E-state index contributed by atoms with van der Waals surface area (Å²) in [6.07, 6.45) is 9.83. The lowest BCUT2D eigenvalue weighted by molar-refractivity contribution is 0.479. The minimum atomic E-state index is 0.0428. The molecule has 0 heterocycles. The number of benzene rings is 3. The molecule has 0 aromatic heterocycles. The monoisotopic (exact) mass is 682 g/mol. The van der Waals surface area contributed by atoms with Crippen molar-refractivity contribution in [3.8, 4) is 11.1 Å². The van der Waals surface area contributed by atoms with Gasteiger partial charge in [-0.05, 0) is 105 Å². The summed E-state index contributed by atoms with van der Waals surface area (Å²) < 4.78 is 0. The molecule has 0 bridgehead atoms. The molecule has 4 aliphatic rings. The van der Waals surface area contributed by atoms with Gasteiger partial charge in [0.15, 0.2) is 0 Å². The molecule has 0 fully saturated rings. The highest BCUT2D eigenvalue weighted by Gasteiger charge is 2.44. The molecular weight excluding hydrogens is 615 g/mol. The lowest BCUT2D eigenvalue weighted by Gasteiger charge is -2.29. The lowest BCUT2D eigenvalue weighted by Crippen LogP contribution is -2.19. The number of hydrogen-bond donors (Lipinski definition) is 0. The van der Waals surface area contributed by atoms with E-state index in [2.05, 4.69) is 158 Å².